The summed E-state index contributed by atoms with van der Waals surface area (Å²) in [6, 6.07) is 18.5. The van der Waals surface area contributed by atoms with Gasteiger partial charge in [0.15, 0.2) is 0 Å². The van der Waals surface area contributed by atoms with Gasteiger partial charge in [0.2, 0.25) is 0 Å². The van der Waals surface area contributed by atoms with Gasteiger partial charge in [0, 0.05) is 5.69 Å². The van der Waals surface area contributed by atoms with Crippen molar-refractivity contribution in [2.45, 2.75) is 20.8 Å². The third-order valence-electron chi connectivity index (χ3n) is 5.28. The zero-order chi connectivity index (χ0) is 22.8. The van der Waals surface area contributed by atoms with Crippen molar-refractivity contribution in [3.8, 4) is 5.75 Å². The van der Waals surface area contributed by atoms with Gasteiger partial charge in [0.05, 0.1) is 17.9 Å². The number of nitrogens with zero attached hydrogens (tertiary/aromatic N) is 1. The molecule has 32 heavy (non-hydrogen) atoms. The molecule has 2 amide bonds. The highest BCUT2D eigenvalue weighted by molar-refractivity contribution is 6.46. The molecule has 6 heteroatoms. The van der Waals surface area contributed by atoms with E-state index in [2.05, 4.69) is 5.32 Å². The van der Waals surface area contributed by atoms with Crippen molar-refractivity contribution in [3.05, 3.63) is 94.9 Å². The number of benzene rings is 3. The highest BCUT2D eigenvalue weighted by Gasteiger charge is 2.41. The van der Waals surface area contributed by atoms with Crippen LogP contribution in [-0.2, 0) is 9.59 Å². The SMILES string of the molecule is CCOc1ccc(C2=C(Nc3cc(C)ccc3C)C(=O)N(c3ccccc3F)C2=O)cc1. The lowest BCUT2D eigenvalue weighted by Crippen LogP contribution is -2.33. The molecule has 0 aliphatic carbocycles. The van der Waals surface area contributed by atoms with E-state index in [4.69, 9.17) is 4.74 Å². The van der Waals surface area contributed by atoms with Crippen molar-refractivity contribution in [3.63, 3.8) is 0 Å². The Hall–Kier alpha value is -3.93. The Balaban J connectivity index is 1.84. The number of amides is 2. The number of para-hydroxylation sites is 1. The predicted molar refractivity (Wildman–Crippen MR) is 123 cm³/mol. The van der Waals surface area contributed by atoms with Gasteiger partial charge in [-0.15, -0.1) is 0 Å². The van der Waals surface area contributed by atoms with Crippen molar-refractivity contribution in [1.29, 1.82) is 0 Å². The van der Waals surface area contributed by atoms with Crippen LogP contribution < -0.4 is 15.0 Å². The summed E-state index contributed by atoms with van der Waals surface area (Å²) in [4.78, 5) is 27.7. The fraction of sp³-hybridized carbons (Fsp3) is 0.154. The minimum atomic E-state index is -0.645. The Morgan fingerprint density at radius 2 is 1.66 bits per heavy atom. The van der Waals surface area contributed by atoms with Crippen molar-refractivity contribution in [2.75, 3.05) is 16.8 Å². The van der Waals surface area contributed by atoms with Gasteiger partial charge in [-0.2, -0.15) is 0 Å². The fourth-order valence-corrected chi connectivity index (χ4v) is 3.66. The first-order chi connectivity index (χ1) is 15.4. The molecule has 162 valence electrons. The van der Waals surface area contributed by atoms with Gasteiger partial charge in [-0.25, -0.2) is 9.29 Å². The number of halogens is 1. The van der Waals surface area contributed by atoms with Crippen LogP contribution in [-0.4, -0.2) is 18.4 Å². The van der Waals surface area contributed by atoms with Crippen LogP contribution in [0, 0.1) is 19.7 Å². The molecule has 0 aromatic heterocycles. The van der Waals surface area contributed by atoms with Crippen LogP contribution >= 0.6 is 0 Å². The number of anilines is 2. The summed E-state index contributed by atoms with van der Waals surface area (Å²) in [5.41, 5.74) is 3.38. The highest BCUT2D eigenvalue weighted by atomic mass is 19.1. The molecule has 1 N–H and O–H groups in total. The summed E-state index contributed by atoms with van der Waals surface area (Å²) in [6.07, 6.45) is 0. The van der Waals surface area contributed by atoms with Crippen LogP contribution in [0.4, 0.5) is 15.8 Å². The van der Waals surface area contributed by atoms with Gasteiger partial charge in [-0.05, 0) is 67.8 Å². The Labute approximate surface area is 186 Å². The molecule has 3 aromatic carbocycles. The molecule has 1 aliphatic heterocycles. The summed E-state index contributed by atoms with van der Waals surface area (Å²) in [5, 5.41) is 3.15. The summed E-state index contributed by atoms with van der Waals surface area (Å²) in [7, 11) is 0. The van der Waals surface area contributed by atoms with E-state index in [1.807, 2.05) is 39.0 Å². The van der Waals surface area contributed by atoms with Crippen LogP contribution in [0.1, 0.15) is 23.6 Å². The molecular weight excluding hydrogens is 407 g/mol. The summed E-state index contributed by atoms with van der Waals surface area (Å²) >= 11 is 0. The number of nitrogens with one attached hydrogen (secondary N) is 1. The second-order valence-electron chi connectivity index (χ2n) is 7.55. The Morgan fingerprint density at radius 3 is 2.34 bits per heavy atom. The number of ether oxygens (including phenoxy) is 1. The molecule has 0 atom stereocenters. The molecule has 0 saturated carbocycles. The smallest absolute Gasteiger partial charge is 0.282 e. The zero-order valence-corrected chi connectivity index (χ0v) is 18.1. The molecule has 0 unspecified atom stereocenters. The molecule has 1 aliphatic rings. The molecule has 0 spiro atoms. The highest BCUT2D eigenvalue weighted by Crippen LogP contribution is 2.35. The molecule has 0 saturated heterocycles. The third kappa shape index (κ3) is 3.87. The van der Waals surface area contributed by atoms with Gasteiger partial charge in [0.25, 0.3) is 11.8 Å². The monoisotopic (exact) mass is 430 g/mol. The van der Waals surface area contributed by atoms with Crippen LogP contribution in [0.3, 0.4) is 0 Å². The molecular formula is C26H23FN2O3. The van der Waals surface area contributed by atoms with Crippen LogP contribution in [0.2, 0.25) is 0 Å². The largest absolute Gasteiger partial charge is 0.494 e. The predicted octanol–water partition coefficient (Wildman–Crippen LogP) is 5.24. The van der Waals surface area contributed by atoms with Crippen LogP contribution in [0.25, 0.3) is 5.57 Å². The first-order valence-electron chi connectivity index (χ1n) is 10.4. The molecule has 5 nitrogen and oxygen atoms in total. The summed E-state index contributed by atoms with van der Waals surface area (Å²) in [5.74, 6) is -1.18. The van der Waals surface area contributed by atoms with E-state index in [1.54, 1.807) is 30.3 Å². The zero-order valence-electron chi connectivity index (χ0n) is 18.1. The van der Waals surface area contributed by atoms with Gasteiger partial charge < -0.3 is 10.1 Å². The number of aryl methyl sites for hydroxylation is 2. The van der Waals surface area contributed by atoms with Crippen LogP contribution in [0.15, 0.2) is 72.4 Å². The topological polar surface area (TPSA) is 58.6 Å². The molecule has 0 bridgehead atoms. The van der Waals surface area contributed by atoms with Crippen molar-refractivity contribution in [2.24, 2.45) is 0 Å². The van der Waals surface area contributed by atoms with E-state index in [0.29, 0.717) is 23.6 Å². The maximum Gasteiger partial charge on any atom is 0.282 e. The molecule has 0 radical (unpaired) electrons. The standard InChI is InChI=1S/C26H23FN2O3/c1-4-32-19-13-11-18(12-14-19)23-24(28-21-15-16(2)9-10-17(21)3)26(31)29(25(23)30)22-8-6-5-7-20(22)27/h5-15,28H,4H2,1-3H3. The van der Waals surface area contributed by atoms with Gasteiger partial charge >= 0.3 is 0 Å². The third-order valence-corrected chi connectivity index (χ3v) is 5.28. The minimum absolute atomic E-state index is 0.0799. The average molecular weight is 430 g/mol. The fourth-order valence-electron chi connectivity index (χ4n) is 3.66. The molecule has 4 rings (SSSR count). The minimum Gasteiger partial charge on any atom is -0.494 e. The lowest BCUT2D eigenvalue weighted by molar-refractivity contribution is -0.120. The van der Waals surface area contributed by atoms with Crippen molar-refractivity contribution >= 4 is 28.8 Å². The Bertz CT molecular complexity index is 1230. The number of hydrogen-bond acceptors (Lipinski definition) is 4. The second kappa shape index (κ2) is 8.67. The number of carbonyl (C=O) groups is 2. The lowest BCUT2D eigenvalue weighted by Gasteiger charge is -2.16. The van der Waals surface area contributed by atoms with E-state index in [9.17, 15) is 14.0 Å². The van der Waals surface area contributed by atoms with Crippen LogP contribution in [0.5, 0.6) is 5.75 Å². The van der Waals surface area contributed by atoms with E-state index < -0.39 is 17.6 Å². The number of imide groups is 1. The molecule has 3 aromatic rings. The summed E-state index contributed by atoms with van der Waals surface area (Å²) in [6.45, 7) is 6.25. The maximum absolute atomic E-state index is 14.5. The van der Waals surface area contributed by atoms with Crippen molar-refractivity contribution in [1.82, 2.24) is 0 Å². The van der Waals surface area contributed by atoms with Crippen molar-refractivity contribution < 1.29 is 18.7 Å². The lowest BCUT2D eigenvalue weighted by atomic mass is 10.0. The average Bonchev–Trinajstić information content (AvgIpc) is 3.01. The van der Waals surface area contributed by atoms with E-state index in [1.165, 1.54) is 18.2 Å². The van der Waals surface area contributed by atoms with E-state index >= 15 is 0 Å². The molecule has 0 fully saturated rings. The van der Waals surface area contributed by atoms with Gasteiger partial charge in [-0.1, -0.05) is 36.4 Å². The first kappa shape index (κ1) is 21.3. The van der Waals surface area contributed by atoms with Gasteiger partial charge in [0.1, 0.15) is 17.3 Å². The Morgan fingerprint density at radius 1 is 0.938 bits per heavy atom. The number of rotatable bonds is 6. The number of hydrogen-bond donors (Lipinski definition) is 1. The molecule has 1 heterocycles. The van der Waals surface area contributed by atoms with E-state index in [-0.39, 0.29) is 17.0 Å². The van der Waals surface area contributed by atoms with Gasteiger partial charge in [-0.3, -0.25) is 9.59 Å². The summed E-state index contributed by atoms with van der Waals surface area (Å²) < 4.78 is 20.0. The number of carbonyl (C=O) groups excluding carboxylic acids is 2. The Kier molecular flexibility index (Phi) is 5.77. The maximum atomic E-state index is 14.5. The normalized spacial score (nSPS) is 13.7. The quantitative estimate of drug-likeness (QED) is 0.544. The van der Waals surface area contributed by atoms with E-state index in [0.717, 1.165) is 16.0 Å². The first-order valence-corrected chi connectivity index (χ1v) is 10.4. The second-order valence-corrected chi connectivity index (χ2v) is 7.55.